The summed E-state index contributed by atoms with van der Waals surface area (Å²) in [5.74, 6) is 2.55. The number of nitrogens with zero attached hydrogens (tertiary/aromatic N) is 2. The van der Waals surface area contributed by atoms with Gasteiger partial charge in [0.15, 0.2) is 12.4 Å². The maximum atomic E-state index is 5.80. The number of nitrogens with one attached hydrogen (secondary N) is 1. The van der Waals surface area contributed by atoms with Gasteiger partial charge in [0, 0.05) is 24.2 Å². The molecule has 0 aliphatic rings. The number of methoxy groups -OCH3 is 1. The molecule has 1 N–H and O–H groups in total. The van der Waals surface area contributed by atoms with Gasteiger partial charge in [-0.15, -0.1) is 0 Å². The van der Waals surface area contributed by atoms with E-state index in [-0.39, 0.29) is 6.61 Å². The van der Waals surface area contributed by atoms with Gasteiger partial charge in [-0.1, -0.05) is 25.1 Å². The predicted molar refractivity (Wildman–Crippen MR) is 78.3 cm³/mol. The Morgan fingerprint density at radius 1 is 1.33 bits per heavy atom. The first-order valence-electron chi connectivity index (χ1n) is 6.90. The zero-order valence-electron chi connectivity index (χ0n) is 12.8. The Morgan fingerprint density at radius 3 is 2.76 bits per heavy atom. The number of aromatic nitrogens is 2. The molecule has 0 amide bonds. The lowest BCUT2D eigenvalue weighted by Gasteiger charge is -2.14. The molecule has 0 atom stereocenters. The number of benzene rings is 1. The molecule has 0 saturated heterocycles. The average molecular weight is 291 g/mol. The highest BCUT2D eigenvalue weighted by Crippen LogP contribution is 2.25. The van der Waals surface area contributed by atoms with Crippen molar-refractivity contribution in [2.24, 2.45) is 0 Å². The lowest BCUT2D eigenvalue weighted by atomic mass is 10.2. The molecule has 0 aliphatic heterocycles. The second-order valence-electron chi connectivity index (χ2n) is 5.03. The van der Waals surface area contributed by atoms with Crippen molar-refractivity contribution in [1.82, 2.24) is 15.5 Å². The standard InChI is InChI=1S/C15H21N3O3/c1-10(2)16-8-12-5-6-13(19-4)7-14(12)20-9-15-17-11(3)18-21-15/h5-7,10,16H,8-9H2,1-4H3. The van der Waals surface area contributed by atoms with Crippen molar-refractivity contribution in [3.63, 3.8) is 0 Å². The molecule has 0 radical (unpaired) electrons. The van der Waals surface area contributed by atoms with Gasteiger partial charge in [0.25, 0.3) is 5.89 Å². The van der Waals surface area contributed by atoms with Crippen LogP contribution in [0.25, 0.3) is 0 Å². The summed E-state index contributed by atoms with van der Waals surface area (Å²) in [5.41, 5.74) is 1.06. The van der Waals surface area contributed by atoms with Crippen molar-refractivity contribution in [2.75, 3.05) is 7.11 Å². The summed E-state index contributed by atoms with van der Waals surface area (Å²) >= 11 is 0. The highest BCUT2D eigenvalue weighted by atomic mass is 16.5. The third-order valence-corrected chi connectivity index (χ3v) is 2.90. The molecule has 0 bridgehead atoms. The number of hydrogen-bond donors (Lipinski definition) is 1. The largest absolute Gasteiger partial charge is 0.497 e. The molecule has 1 aromatic carbocycles. The van der Waals surface area contributed by atoms with Gasteiger partial charge in [-0.2, -0.15) is 4.98 Å². The molecule has 0 saturated carbocycles. The predicted octanol–water partition coefficient (Wildman–Crippen LogP) is 2.46. The van der Waals surface area contributed by atoms with E-state index in [0.29, 0.717) is 17.8 Å². The van der Waals surface area contributed by atoms with Gasteiger partial charge in [-0.3, -0.25) is 0 Å². The normalized spacial score (nSPS) is 10.9. The van der Waals surface area contributed by atoms with Crippen molar-refractivity contribution < 1.29 is 14.0 Å². The maximum Gasteiger partial charge on any atom is 0.264 e. The molecule has 0 spiro atoms. The van der Waals surface area contributed by atoms with Crippen LogP contribution >= 0.6 is 0 Å². The second kappa shape index (κ2) is 7.08. The van der Waals surface area contributed by atoms with E-state index in [2.05, 4.69) is 29.3 Å². The first-order valence-corrected chi connectivity index (χ1v) is 6.90. The van der Waals surface area contributed by atoms with E-state index in [1.54, 1.807) is 14.0 Å². The molecule has 6 heteroatoms. The monoisotopic (exact) mass is 291 g/mol. The summed E-state index contributed by atoms with van der Waals surface area (Å²) in [6.07, 6.45) is 0. The van der Waals surface area contributed by atoms with E-state index < -0.39 is 0 Å². The van der Waals surface area contributed by atoms with Crippen LogP contribution in [0.1, 0.15) is 31.1 Å². The zero-order valence-corrected chi connectivity index (χ0v) is 12.8. The van der Waals surface area contributed by atoms with Crippen LogP contribution in [-0.2, 0) is 13.2 Å². The lowest BCUT2D eigenvalue weighted by molar-refractivity contribution is 0.239. The van der Waals surface area contributed by atoms with E-state index >= 15 is 0 Å². The summed E-state index contributed by atoms with van der Waals surface area (Å²) in [5, 5.41) is 7.11. The van der Waals surface area contributed by atoms with E-state index in [4.69, 9.17) is 14.0 Å². The van der Waals surface area contributed by atoms with Crippen LogP contribution in [0.3, 0.4) is 0 Å². The third-order valence-electron chi connectivity index (χ3n) is 2.90. The van der Waals surface area contributed by atoms with Crippen LogP contribution < -0.4 is 14.8 Å². The van der Waals surface area contributed by atoms with E-state index in [9.17, 15) is 0 Å². The van der Waals surface area contributed by atoms with Gasteiger partial charge in [0.2, 0.25) is 0 Å². The van der Waals surface area contributed by atoms with E-state index in [1.165, 1.54) is 0 Å². The topological polar surface area (TPSA) is 69.4 Å². The summed E-state index contributed by atoms with van der Waals surface area (Å²) in [7, 11) is 1.63. The van der Waals surface area contributed by atoms with E-state index in [0.717, 1.165) is 23.6 Å². The quantitative estimate of drug-likeness (QED) is 0.845. The molecule has 0 aliphatic carbocycles. The van der Waals surface area contributed by atoms with E-state index in [1.807, 2.05) is 18.2 Å². The van der Waals surface area contributed by atoms with Gasteiger partial charge in [0.1, 0.15) is 11.5 Å². The summed E-state index contributed by atoms with van der Waals surface area (Å²) in [6.45, 7) is 6.94. The maximum absolute atomic E-state index is 5.80. The molecule has 6 nitrogen and oxygen atoms in total. The first kappa shape index (κ1) is 15.3. The van der Waals surface area contributed by atoms with Gasteiger partial charge in [-0.25, -0.2) is 0 Å². The van der Waals surface area contributed by atoms with Crippen LogP contribution in [0, 0.1) is 6.92 Å². The lowest BCUT2D eigenvalue weighted by Crippen LogP contribution is -2.22. The Balaban J connectivity index is 2.10. The summed E-state index contributed by atoms with van der Waals surface area (Å²) in [4.78, 5) is 4.12. The van der Waals surface area contributed by atoms with Gasteiger partial charge in [-0.05, 0) is 13.0 Å². The average Bonchev–Trinajstić information content (AvgIpc) is 2.88. The van der Waals surface area contributed by atoms with Crippen molar-refractivity contribution >= 4 is 0 Å². The van der Waals surface area contributed by atoms with Crippen LogP contribution in [0.2, 0.25) is 0 Å². The second-order valence-corrected chi connectivity index (χ2v) is 5.03. The third kappa shape index (κ3) is 4.46. The summed E-state index contributed by atoms with van der Waals surface area (Å²) in [6, 6.07) is 6.17. The molecule has 0 fully saturated rings. The van der Waals surface area contributed by atoms with Crippen LogP contribution in [0.5, 0.6) is 11.5 Å². The Kier molecular flexibility index (Phi) is 5.16. The number of aryl methyl sites for hydroxylation is 1. The Hall–Kier alpha value is -2.08. The fraction of sp³-hybridized carbons (Fsp3) is 0.467. The van der Waals surface area contributed by atoms with Gasteiger partial charge < -0.3 is 19.3 Å². The molecule has 21 heavy (non-hydrogen) atoms. The smallest absolute Gasteiger partial charge is 0.264 e. The van der Waals surface area contributed by atoms with Crippen LogP contribution in [0.15, 0.2) is 22.7 Å². The zero-order chi connectivity index (χ0) is 15.2. The molecule has 114 valence electrons. The van der Waals surface area contributed by atoms with Crippen molar-refractivity contribution in [1.29, 1.82) is 0 Å². The minimum atomic E-state index is 0.239. The van der Waals surface area contributed by atoms with Gasteiger partial charge in [0.05, 0.1) is 7.11 Å². The highest BCUT2D eigenvalue weighted by molar-refractivity contribution is 5.40. The first-order chi connectivity index (χ1) is 10.1. The molecular formula is C15H21N3O3. The molecule has 2 aromatic rings. The SMILES string of the molecule is COc1ccc(CNC(C)C)c(OCc2nc(C)no2)c1. The van der Waals surface area contributed by atoms with Crippen molar-refractivity contribution in [2.45, 2.75) is 40.0 Å². The van der Waals surface area contributed by atoms with Crippen LogP contribution in [0.4, 0.5) is 0 Å². The number of hydrogen-bond acceptors (Lipinski definition) is 6. The molecular weight excluding hydrogens is 270 g/mol. The summed E-state index contributed by atoms with van der Waals surface area (Å²) < 4.78 is 16.1. The molecule has 2 rings (SSSR count). The Bertz CT molecular complexity index is 581. The Morgan fingerprint density at radius 2 is 2.14 bits per heavy atom. The minimum Gasteiger partial charge on any atom is -0.497 e. The molecule has 1 aromatic heterocycles. The Labute approximate surface area is 124 Å². The minimum absolute atomic E-state index is 0.239. The molecule has 1 heterocycles. The fourth-order valence-corrected chi connectivity index (χ4v) is 1.79. The fourth-order valence-electron chi connectivity index (χ4n) is 1.79. The molecule has 0 unspecified atom stereocenters. The number of rotatable bonds is 7. The number of ether oxygens (including phenoxy) is 2. The van der Waals surface area contributed by atoms with Gasteiger partial charge >= 0.3 is 0 Å². The highest BCUT2D eigenvalue weighted by Gasteiger charge is 2.09. The van der Waals surface area contributed by atoms with Crippen molar-refractivity contribution in [3.05, 3.63) is 35.5 Å². The van der Waals surface area contributed by atoms with Crippen molar-refractivity contribution in [3.8, 4) is 11.5 Å². The van der Waals surface area contributed by atoms with Crippen LogP contribution in [-0.4, -0.2) is 23.3 Å².